The second-order valence-corrected chi connectivity index (χ2v) is 9.46. The van der Waals surface area contributed by atoms with Gasteiger partial charge < -0.3 is 15.0 Å². The first kappa shape index (κ1) is 24.4. The SMILES string of the molecule is Cc1cccc(C(CNC(=O)C2CCN(C(=O)CCc3ccccc3)CC2)N2CCOCC2)c1. The second-order valence-electron chi connectivity index (χ2n) is 9.46. The van der Waals surface area contributed by atoms with E-state index in [2.05, 4.69) is 53.5 Å². The molecule has 2 amide bonds. The van der Waals surface area contributed by atoms with Gasteiger partial charge in [0.15, 0.2) is 0 Å². The van der Waals surface area contributed by atoms with Gasteiger partial charge in [0.1, 0.15) is 0 Å². The Morgan fingerprint density at radius 3 is 2.44 bits per heavy atom. The van der Waals surface area contributed by atoms with E-state index in [-0.39, 0.29) is 23.8 Å². The zero-order valence-corrected chi connectivity index (χ0v) is 20.2. The van der Waals surface area contributed by atoms with Crippen LogP contribution in [0.4, 0.5) is 0 Å². The van der Waals surface area contributed by atoms with Crippen LogP contribution >= 0.6 is 0 Å². The molecule has 0 radical (unpaired) electrons. The van der Waals surface area contributed by atoms with Crippen LogP contribution < -0.4 is 5.32 Å². The summed E-state index contributed by atoms with van der Waals surface area (Å²) in [5.41, 5.74) is 3.65. The average molecular weight is 464 g/mol. The maximum absolute atomic E-state index is 13.0. The first-order valence-electron chi connectivity index (χ1n) is 12.6. The molecule has 182 valence electrons. The average Bonchev–Trinajstić information content (AvgIpc) is 2.89. The van der Waals surface area contributed by atoms with Gasteiger partial charge in [-0.15, -0.1) is 0 Å². The fourth-order valence-corrected chi connectivity index (χ4v) is 5.01. The molecule has 2 aromatic carbocycles. The number of benzene rings is 2. The highest BCUT2D eigenvalue weighted by atomic mass is 16.5. The van der Waals surface area contributed by atoms with Crippen molar-refractivity contribution in [3.8, 4) is 0 Å². The molecule has 2 aromatic rings. The van der Waals surface area contributed by atoms with Crippen LogP contribution in [0.1, 0.15) is 42.0 Å². The maximum Gasteiger partial charge on any atom is 0.223 e. The zero-order valence-electron chi connectivity index (χ0n) is 20.2. The van der Waals surface area contributed by atoms with Gasteiger partial charge in [0.05, 0.1) is 19.3 Å². The molecule has 0 bridgehead atoms. The molecule has 0 spiro atoms. The van der Waals surface area contributed by atoms with Crippen LogP contribution in [0.3, 0.4) is 0 Å². The summed E-state index contributed by atoms with van der Waals surface area (Å²) in [5, 5.41) is 3.23. The summed E-state index contributed by atoms with van der Waals surface area (Å²) in [6.45, 7) is 7.23. The topological polar surface area (TPSA) is 61.9 Å². The Morgan fingerprint density at radius 2 is 1.74 bits per heavy atom. The molecule has 34 heavy (non-hydrogen) atoms. The number of carbonyl (C=O) groups is 2. The molecule has 1 unspecified atom stereocenters. The standard InChI is InChI=1S/C28H37N3O3/c1-22-6-5-9-25(20-22)26(30-16-18-34-19-17-30)21-29-28(33)24-12-14-31(15-13-24)27(32)11-10-23-7-3-2-4-8-23/h2-9,20,24,26H,10-19,21H2,1H3,(H,29,33). The molecular formula is C28H37N3O3. The lowest BCUT2D eigenvalue weighted by atomic mass is 9.95. The molecule has 0 aliphatic carbocycles. The van der Waals surface area contributed by atoms with Crippen LogP contribution in [0.15, 0.2) is 54.6 Å². The second kappa shape index (κ2) is 12.1. The molecule has 2 saturated heterocycles. The molecule has 4 rings (SSSR count). The van der Waals surface area contributed by atoms with E-state index >= 15 is 0 Å². The van der Waals surface area contributed by atoms with Crippen LogP contribution in [-0.2, 0) is 20.7 Å². The third-order valence-corrected chi connectivity index (χ3v) is 7.07. The molecule has 2 aliphatic heterocycles. The van der Waals surface area contributed by atoms with E-state index in [9.17, 15) is 9.59 Å². The van der Waals surface area contributed by atoms with Crippen molar-refractivity contribution in [3.63, 3.8) is 0 Å². The Bertz CT molecular complexity index is 935. The fraction of sp³-hybridized carbons (Fsp3) is 0.500. The molecule has 2 fully saturated rings. The van der Waals surface area contributed by atoms with Crippen molar-refractivity contribution in [2.75, 3.05) is 45.9 Å². The fourth-order valence-electron chi connectivity index (χ4n) is 5.01. The third-order valence-electron chi connectivity index (χ3n) is 7.07. The Labute approximate surface area is 203 Å². The molecule has 1 atom stereocenters. The van der Waals surface area contributed by atoms with E-state index < -0.39 is 0 Å². The first-order chi connectivity index (χ1) is 16.6. The van der Waals surface area contributed by atoms with E-state index in [0.29, 0.717) is 26.1 Å². The summed E-state index contributed by atoms with van der Waals surface area (Å²) in [5.74, 6) is 0.276. The lowest BCUT2D eigenvalue weighted by molar-refractivity contribution is -0.135. The Kier molecular flexibility index (Phi) is 8.72. The predicted molar refractivity (Wildman–Crippen MR) is 133 cm³/mol. The minimum atomic E-state index is -0.0268. The van der Waals surface area contributed by atoms with Crippen LogP contribution in [0.25, 0.3) is 0 Å². The highest BCUT2D eigenvalue weighted by Gasteiger charge is 2.29. The zero-order chi connectivity index (χ0) is 23.8. The third kappa shape index (κ3) is 6.67. The van der Waals surface area contributed by atoms with Gasteiger partial charge in [-0.3, -0.25) is 14.5 Å². The number of piperidine rings is 1. The van der Waals surface area contributed by atoms with Gasteiger partial charge in [-0.2, -0.15) is 0 Å². The Hall–Kier alpha value is -2.70. The van der Waals surface area contributed by atoms with E-state index in [0.717, 1.165) is 45.6 Å². The van der Waals surface area contributed by atoms with Crippen molar-refractivity contribution < 1.29 is 14.3 Å². The summed E-state index contributed by atoms with van der Waals surface area (Å²) in [4.78, 5) is 30.0. The van der Waals surface area contributed by atoms with Gasteiger partial charge in [-0.05, 0) is 37.3 Å². The van der Waals surface area contributed by atoms with Gasteiger partial charge in [-0.25, -0.2) is 0 Å². The number of nitrogens with zero attached hydrogens (tertiary/aromatic N) is 2. The maximum atomic E-state index is 13.0. The van der Waals surface area contributed by atoms with Crippen LogP contribution in [0, 0.1) is 12.8 Å². The van der Waals surface area contributed by atoms with E-state index in [1.165, 1.54) is 16.7 Å². The monoisotopic (exact) mass is 463 g/mol. The minimum absolute atomic E-state index is 0.0268. The van der Waals surface area contributed by atoms with Crippen molar-refractivity contribution in [2.24, 2.45) is 5.92 Å². The van der Waals surface area contributed by atoms with Gasteiger partial charge in [0.25, 0.3) is 0 Å². The molecule has 6 heteroatoms. The molecular weight excluding hydrogens is 426 g/mol. The lowest BCUT2D eigenvalue weighted by Crippen LogP contribution is -2.46. The first-order valence-corrected chi connectivity index (χ1v) is 12.6. The highest BCUT2D eigenvalue weighted by molar-refractivity contribution is 5.80. The number of aryl methyl sites for hydroxylation is 2. The normalized spacial score (nSPS) is 18.4. The van der Waals surface area contributed by atoms with Gasteiger partial charge in [-0.1, -0.05) is 60.2 Å². The summed E-state index contributed by atoms with van der Waals surface area (Å²) < 4.78 is 5.54. The van der Waals surface area contributed by atoms with Crippen molar-refractivity contribution in [2.45, 2.75) is 38.6 Å². The molecule has 2 aliphatic rings. The smallest absolute Gasteiger partial charge is 0.223 e. The van der Waals surface area contributed by atoms with Gasteiger partial charge >= 0.3 is 0 Å². The molecule has 1 N–H and O–H groups in total. The number of likely N-dealkylation sites (tertiary alicyclic amines) is 1. The van der Waals surface area contributed by atoms with E-state index in [1.807, 2.05) is 23.1 Å². The van der Waals surface area contributed by atoms with Crippen LogP contribution in [0.2, 0.25) is 0 Å². The van der Waals surface area contributed by atoms with Crippen molar-refractivity contribution in [3.05, 3.63) is 71.3 Å². The highest BCUT2D eigenvalue weighted by Crippen LogP contribution is 2.23. The predicted octanol–water partition coefficient (Wildman–Crippen LogP) is 3.36. The summed E-state index contributed by atoms with van der Waals surface area (Å²) in [7, 11) is 0. The largest absolute Gasteiger partial charge is 0.379 e. The van der Waals surface area contributed by atoms with Gasteiger partial charge in [0.2, 0.25) is 11.8 Å². The quantitative estimate of drug-likeness (QED) is 0.652. The van der Waals surface area contributed by atoms with Crippen molar-refractivity contribution in [1.82, 2.24) is 15.1 Å². The number of nitrogens with one attached hydrogen (secondary N) is 1. The molecule has 6 nitrogen and oxygen atoms in total. The number of amides is 2. The number of hydrogen-bond acceptors (Lipinski definition) is 4. The number of hydrogen-bond donors (Lipinski definition) is 1. The van der Waals surface area contributed by atoms with Crippen molar-refractivity contribution >= 4 is 11.8 Å². The number of morpholine rings is 1. The van der Waals surface area contributed by atoms with Crippen molar-refractivity contribution in [1.29, 1.82) is 0 Å². The summed E-state index contributed by atoms with van der Waals surface area (Å²) in [6.07, 6.45) is 2.76. The number of rotatable bonds is 8. The number of ether oxygens (including phenoxy) is 1. The van der Waals surface area contributed by atoms with Gasteiger partial charge in [0, 0.05) is 45.1 Å². The number of carbonyl (C=O) groups excluding carboxylic acids is 2. The van der Waals surface area contributed by atoms with Crippen LogP contribution in [-0.4, -0.2) is 67.6 Å². The summed E-state index contributed by atoms with van der Waals surface area (Å²) >= 11 is 0. The summed E-state index contributed by atoms with van der Waals surface area (Å²) in [6, 6.07) is 18.8. The van der Waals surface area contributed by atoms with E-state index in [1.54, 1.807) is 0 Å². The minimum Gasteiger partial charge on any atom is -0.379 e. The van der Waals surface area contributed by atoms with E-state index in [4.69, 9.17) is 4.74 Å². The van der Waals surface area contributed by atoms with Crippen LogP contribution in [0.5, 0.6) is 0 Å². The molecule has 0 saturated carbocycles. The Balaban J connectivity index is 1.26. The molecule has 2 heterocycles. The molecule has 0 aromatic heterocycles. The lowest BCUT2D eigenvalue weighted by Gasteiger charge is -2.36. The Morgan fingerprint density at radius 1 is 1.00 bits per heavy atom.